The van der Waals surface area contributed by atoms with Crippen LogP contribution in [0, 0.1) is 0 Å². The minimum absolute atomic E-state index is 0.0539. The standard InChI is InChI=1S/C14H20N2O2/c1-16-9-5-6-11(16)10-14(17)15-12-7-3-4-8-13(12)18-2/h3-4,7-8,11H,5-6,9-10H2,1-2H3,(H,15,17). The van der Waals surface area contributed by atoms with Crippen molar-refractivity contribution in [3.05, 3.63) is 24.3 Å². The maximum Gasteiger partial charge on any atom is 0.226 e. The van der Waals surface area contributed by atoms with E-state index in [1.54, 1.807) is 7.11 Å². The SMILES string of the molecule is COc1ccccc1NC(=O)CC1CCCN1C. The minimum Gasteiger partial charge on any atom is -0.495 e. The molecule has 0 aliphatic carbocycles. The molecule has 0 aromatic heterocycles. The first-order chi connectivity index (χ1) is 8.70. The molecule has 1 N–H and O–H groups in total. The van der Waals surface area contributed by atoms with E-state index >= 15 is 0 Å². The van der Waals surface area contributed by atoms with Crippen molar-refractivity contribution in [1.29, 1.82) is 0 Å². The lowest BCUT2D eigenvalue weighted by molar-refractivity contribution is -0.117. The fourth-order valence-electron chi connectivity index (χ4n) is 2.40. The van der Waals surface area contributed by atoms with Crippen molar-refractivity contribution < 1.29 is 9.53 Å². The molecule has 2 rings (SSSR count). The van der Waals surface area contributed by atoms with Crippen LogP contribution in [0.5, 0.6) is 5.75 Å². The summed E-state index contributed by atoms with van der Waals surface area (Å²) in [6.45, 7) is 1.09. The van der Waals surface area contributed by atoms with E-state index in [9.17, 15) is 4.79 Å². The summed E-state index contributed by atoms with van der Waals surface area (Å²) in [5.74, 6) is 0.754. The van der Waals surface area contributed by atoms with E-state index in [1.807, 2.05) is 24.3 Å². The van der Waals surface area contributed by atoms with Crippen LogP contribution in [0.2, 0.25) is 0 Å². The molecule has 1 atom stereocenters. The van der Waals surface area contributed by atoms with Gasteiger partial charge in [-0.25, -0.2) is 0 Å². The Kier molecular flexibility index (Phi) is 4.20. The number of carbonyl (C=O) groups excluding carboxylic acids is 1. The van der Waals surface area contributed by atoms with Gasteiger partial charge >= 0.3 is 0 Å². The van der Waals surface area contributed by atoms with Crippen molar-refractivity contribution in [2.24, 2.45) is 0 Å². The van der Waals surface area contributed by atoms with Crippen LogP contribution in [0.25, 0.3) is 0 Å². The molecular formula is C14H20N2O2. The highest BCUT2D eigenvalue weighted by molar-refractivity contribution is 5.92. The Bertz CT molecular complexity index is 420. The highest BCUT2D eigenvalue weighted by Crippen LogP contribution is 2.24. The number of amides is 1. The van der Waals surface area contributed by atoms with Gasteiger partial charge in [-0.05, 0) is 38.6 Å². The highest BCUT2D eigenvalue weighted by atomic mass is 16.5. The molecule has 1 aromatic rings. The average Bonchev–Trinajstić information content (AvgIpc) is 2.75. The molecular weight excluding hydrogens is 228 g/mol. The van der Waals surface area contributed by atoms with Gasteiger partial charge in [0.05, 0.1) is 12.8 Å². The van der Waals surface area contributed by atoms with Gasteiger partial charge in [-0.15, -0.1) is 0 Å². The predicted octanol–water partition coefficient (Wildman–Crippen LogP) is 2.12. The van der Waals surface area contributed by atoms with Gasteiger partial charge in [0.15, 0.2) is 0 Å². The van der Waals surface area contributed by atoms with Crippen molar-refractivity contribution in [1.82, 2.24) is 4.90 Å². The van der Waals surface area contributed by atoms with E-state index in [4.69, 9.17) is 4.74 Å². The van der Waals surface area contributed by atoms with Crippen molar-refractivity contribution in [3.63, 3.8) is 0 Å². The van der Waals surface area contributed by atoms with Crippen molar-refractivity contribution in [2.45, 2.75) is 25.3 Å². The van der Waals surface area contributed by atoms with Crippen LogP contribution in [0.3, 0.4) is 0 Å². The topological polar surface area (TPSA) is 41.6 Å². The lowest BCUT2D eigenvalue weighted by Gasteiger charge is -2.19. The van der Waals surface area contributed by atoms with Crippen LogP contribution in [-0.2, 0) is 4.79 Å². The number of ether oxygens (including phenoxy) is 1. The van der Waals surface area contributed by atoms with Crippen molar-refractivity contribution >= 4 is 11.6 Å². The molecule has 1 saturated heterocycles. The van der Waals surface area contributed by atoms with E-state index in [-0.39, 0.29) is 5.91 Å². The number of carbonyl (C=O) groups is 1. The molecule has 1 aliphatic rings. The average molecular weight is 248 g/mol. The number of anilines is 1. The number of para-hydroxylation sites is 2. The molecule has 1 amide bonds. The fourth-order valence-corrected chi connectivity index (χ4v) is 2.40. The van der Waals surface area contributed by atoms with Crippen LogP contribution in [-0.4, -0.2) is 37.6 Å². The third-order valence-electron chi connectivity index (χ3n) is 3.47. The van der Waals surface area contributed by atoms with Crippen molar-refractivity contribution in [2.75, 3.05) is 26.0 Å². The second kappa shape index (κ2) is 5.87. The number of hydrogen-bond acceptors (Lipinski definition) is 3. The Morgan fingerprint density at radius 2 is 2.28 bits per heavy atom. The first-order valence-corrected chi connectivity index (χ1v) is 6.34. The molecule has 0 spiro atoms. The lowest BCUT2D eigenvalue weighted by Crippen LogP contribution is -2.29. The highest BCUT2D eigenvalue weighted by Gasteiger charge is 2.23. The monoisotopic (exact) mass is 248 g/mol. The largest absolute Gasteiger partial charge is 0.495 e. The van der Waals surface area contributed by atoms with Crippen LogP contribution < -0.4 is 10.1 Å². The Morgan fingerprint density at radius 3 is 2.94 bits per heavy atom. The molecule has 4 heteroatoms. The Labute approximate surface area is 108 Å². The van der Waals surface area contributed by atoms with Gasteiger partial charge in [0, 0.05) is 12.5 Å². The first-order valence-electron chi connectivity index (χ1n) is 6.34. The first kappa shape index (κ1) is 12.9. The molecule has 1 fully saturated rings. The predicted molar refractivity (Wildman–Crippen MR) is 71.9 cm³/mol. The summed E-state index contributed by atoms with van der Waals surface area (Å²) in [5, 5.41) is 2.92. The molecule has 98 valence electrons. The van der Waals surface area contributed by atoms with E-state index < -0.39 is 0 Å². The van der Waals surface area contributed by atoms with E-state index in [0.29, 0.717) is 18.2 Å². The maximum absolute atomic E-state index is 12.0. The normalized spacial score (nSPS) is 19.8. The van der Waals surface area contributed by atoms with Gasteiger partial charge in [-0.1, -0.05) is 12.1 Å². The zero-order valence-corrected chi connectivity index (χ0v) is 11.0. The molecule has 0 bridgehead atoms. The smallest absolute Gasteiger partial charge is 0.226 e. The van der Waals surface area contributed by atoms with Gasteiger partial charge < -0.3 is 15.0 Å². The summed E-state index contributed by atoms with van der Waals surface area (Å²) in [5.41, 5.74) is 0.741. The molecule has 1 unspecified atom stereocenters. The van der Waals surface area contributed by atoms with Gasteiger partial charge in [0.25, 0.3) is 0 Å². The van der Waals surface area contributed by atoms with E-state index in [2.05, 4.69) is 17.3 Å². The Balaban J connectivity index is 1.94. The van der Waals surface area contributed by atoms with Gasteiger partial charge in [0.1, 0.15) is 5.75 Å². The molecule has 0 saturated carbocycles. The number of nitrogens with zero attached hydrogens (tertiary/aromatic N) is 1. The van der Waals surface area contributed by atoms with Gasteiger partial charge in [-0.3, -0.25) is 4.79 Å². The number of hydrogen-bond donors (Lipinski definition) is 1. The van der Waals surface area contributed by atoms with Crippen LogP contribution in [0.1, 0.15) is 19.3 Å². The zero-order chi connectivity index (χ0) is 13.0. The van der Waals surface area contributed by atoms with Crippen LogP contribution in [0.15, 0.2) is 24.3 Å². The van der Waals surface area contributed by atoms with Gasteiger partial charge in [0.2, 0.25) is 5.91 Å². The van der Waals surface area contributed by atoms with E-state index in [0.717, 1.165) is 18.7 Å². The summed E-state index contributed by atoms with van der Waals surface area (Å²) >= 11 is 0. The third-order valence-corrected chi connectivity index (χ3v) is 3.47. The molecule has 18 heavy (non-hydrogen) atoms. The Morgan fingerprint density at radius 1 is 1.50 bits per heavy atom. The molecule has 4 nitrogen and oxygen atoms in total. The van der Waals surface area contributed by atoms with Gasteiger partial charge in [-0.2, -0.15) is 0 Å². The van der Waals surface area contributed by atoms with E-state index in [1.165, 1.54) is 6.42 Å². The molecule has 0 radical (unpaired) electrons. The molecule has 1 heterocycles. The number of nitrogens with one attached hydrogen (secondary N) is 1. The summed E-state index contributed by atoms with van der Waals surface area (Å²) in [6.07, 6.45) is 2.84. The third kappa shape index (κ3) is 3.01. The van der Waals surface area contributed by atoms with Crippen LogP contribution >= 0.6 is 0 Å². The second-order valence-corrected chi connectivity index (χ2v) is 4.73. The molecule has 1 aromatic carbocycles. The van der Waals surface area contributed by atoms with Crippen LogP contribution in [0.4, 0.5) is 5.69 Å². The lowest BCUT2D eigenvalue weighted by atomic mass is 10.1. The Hall–Kier alpha value is -1.55. The number of methoxy groups -OCH3 is 1. The number of benzene rings is 1. The molecule has 1 aliphatic heterocycles. The van der Waals surface area contributed by atoms with Crippen molar-refractivity contribution in [3.8, 4) is 5.75 Å². The summed E-state index contributed by atoms with van der Waals surface area (Å²) in [6, 6.07) is 7.85. The minimum atomic E-state index is 0.0539. The summed E-state index contributed by atoms with van der Waals surface area (Å²) in [4.78, 5) is 14.2. The second-order valence-electron chi connectivity index (χ2n) is 4.73. The zero-order valence-electron chi connectivity index (χ0n) is 11.0. The fraction of sp³-hybridized carbons (Fsp3) is 0.500. The number of likely N-dealkylation sites (tertiary alicyclic amines) is 1. The maximum atomic E-state index is 12.0. The number of rotatable bonds is 4. The summed E-state index contributed by atoms with van der Waals surface area (Å²) in [7, 11) is 3.68. The quantitative estimate of drug-likeness (QED) is 0.887. The summed E-state index contributed by atoms with van der Waals surface area (Å²) < 4.78 is 5.21.